The molecular weight excluding hydrogens is 321 g/mol. The molecule has 0 unspecified atom stereocenters. The van der Waals surface area contributed by atoms with Crippen molar-refractivity contribution in [1.29, 1.82) is 0 Å². The predicted molar refractivity (Wildman–Crippen MR) is 94.8 cm³/mol. The van der Waals surface area contributed by atoms with Crippen LogP contribution in [-0.4, -0.2) is 17.9 Å². The molecule has 0 radical (unpaired) electrons. The van der Waals surface area contributed by atoms with E-state index < -0.39 is 6.03 Å². The van der Waals surface area contributed by atoms with Gasteiger partial charge in [-0.25, -0.2) is 4.79 Å². The minimum absolute atomic E-state index is 0. The maximum atomic E-state index is 11.1. The summed E-state index contributed by atoms with van der Waals surface area (Å²) in [5.74, 6) is 0.495. The molecule has 0 saturated heterocycles. The largest absolute Gasteiger partial charge is 0.351 e. The van der Waals surface area contributed by atoms with E-state index in [-0.39, 0.29) is 18.4 Å². The first kappa shape index (κ1) is 18.5. The molecule has 2 rings (SSSR count). The van der Waals surface area contributed by atoms with E-state index in [9.17, 15) is 4.79 Å². The Balaban J connectivity index is 0.00000242. The zero-order valence-electron chi connectivity index (χ0n) is 12.3. The van der Waals surface area contributed by atoms with Crippen molar-refractivity contribution in [3.63, 3.8) is 0 Å². The van der Waals surface area contributed by atoms with Crippen molar-refractivity contribution >= 4 is 42.0 Å². The minimum atomic E-state index is -0.603. The molecule has 0 aromatic heterocycles. The van der Waals surface area contributed by atoms with Crippen LogP contribution in [0.2, 0.25) is 5.02 Å². The highest BCUT2D eigenvalue weighted by Gasteiger charge is 2.13. The van der Waals surface area contributed by atoms with Gasteiger partial charge in [0.25, 0.3) is 0 Å². The first-order valence-electron chi connectivity index (χ1n) is 7.22. The van der Waals surface area contributed by atoms with E-state index in [1.54, 1.807) is 6.08 Å². The molecule has 0 aliphatic heterocycles. The number of carbonyl (C=O) groups excluding carboxylic acids is 1. The summed E-state index contributed by atoms with van der Waals surface area (Å²) in [4.78, 5) is 15.7. The number of urea groups is 1. The van der Waals surface area contributed by atoms with Gasteiger partial charge in [0.1, 0.15) is 5.84 Å². The molecule has 1 aromatic rings. The van der Waals surface area contributed by atoms with Crippen molar-refractivity contribution in [2.75, 3.05) is 0 Å². The normalized spacial score (nSPS) is 16.3. The number of amides is 2. The van der Waals surface area contributed by atoms with E-state index >= 15 is 0 Å². The van der Waals surface area contributed by atoms with Gasteiger partial charge in [0.15, 0.2) is 0 Å². The number of rotatable bonds is 3. The molecule has 6 heteroatoms. The molecule has 22 heavy (non-hydrogen) atoms. The predicted octanol–water partition coefficient (Wildman–Crippen LogP) is 4.17. The number of carbonyl (C=O) groups is 1. The van der Waals surface area contributed by atoms with Crippen LogP contribution in [0, 0.1) is 0 Å². The monoisotopic (exact) mass is 341 g/mol. The number of amidine groups is 1. The SMILES string of the molecule is Cl.NC(=O)NC(/C=C/c1ccccc1Cl)=NC1CCCCC1. The Kier molecular flexibility index (Phi) is 7.99. The second kappa shape index (κ2) is 9.49. The van der Waals surface area contributed by atoms with Crippen molar-refractivity contribution in [3.8, 4) is 0 Å². The number of hydrogen-bond acceptors (Lipinski definition) is 2. The van der Waals surface area contributed by atoms with Gasteiger partial charge in [-0.15, -0.1) is 12.4 Å². The number of hydrogen-bond donors (Lipinski definition) is 2. The minimum Gasteiger partial charge on any atom is -0.351 e. The van der Waals surface area contributed by atoms with Gasteiger partial charge in [0.05, 0.1) is 6.04 Å². The summed E-state index contributed by atoms with van der Waals surface area (Å²) in [5, 5.41) is 3.23. The lowest BCUT2D eigenvalue weighted by Gasteiger charge is -2.18. The van der Waals surface area contributed by atoms with Crippen molar-refractivity contribution < 1.29 is 4.79 Å². The van der Waals surface area contributed by atoms with Crippen LogP contribution in [0.5, 0.6) is 0 Å². The quantitative estimate of drug-likeness (QED) is 0.628. The maximum absolute atomic E-state index is 11.1. The van der Waals surface area contributed by atoms with Gasteiger partial charge in [0, 0.05) is 5.02 Å². The van der Waals surface area contributed by atoms with Gasteiger partial charge in [-0.1, -0.05) is 49.1 Å². The maximum Gasteiger partial charge on any atom is 0.317 e. The molecule has 1 aromatic carbocycles. The fourth-order valence-corrected chi connectivity index (χ4v) is 2.63. The second-order valence-electron chi connectivity index (χ2n) is 5.15. The summed E-state index contributed by atoms with van der Waals surface area (Å²) in [6, 6.07) is 7.16. The lowest BCUT2D eigenvalue weighted by atomic mass is 9.96. The summed E-state index contributed by atoms with van der Waals surface area (Å²) >= 11 is 6.10. The highest BCUT2D eigenvalue weighted by atomic mass is 35.5. The van der Waals surface area contributed by atoms with Crippen LogP contribution in [0.3, 0.4) is 0 Å². The molecule has 2 amide bonds. The Labute approximate surface area is 142 Å². The summed E-state index contributed by atoms with van der Waals surface area (Å²) in [5.41, 5.74) is 6.08. The third-order valence-electron chi connectivity index (χ3n) is 3.47. The highest BCUT2D eigenvalue weighted by molar-refractivity contribution is 6.32. The van der Waals surface area contributed by atoms with E-state index in [1.807, 2.05) is 30.3 Å². The van der Waals surface area contributed by atoms with E-state index in [0.717, 1.165) is 18.4 Å². The van der Waals surface area contributed by atoms with Gasteiger partial charge in [-0.2, -0.15) is 0 Å². The molecule has 3 N–H and O–H groups in total. The second-order valence-corrected chi connectivity index (χ2v) is 5.56. The third kappa shape index (κ3) is 6.08. The number of aliphatic imine (C=N–C) groups is 1. The Morgan fingerprint density at radius 2 is 1.95 bits per heavy atom. The molecular formula is C16H21Cl2N3O. The number of benzene rings is 1. The van der Waals surface area contributed by atoms with Crippen molar-refractivity contribution in [1.82, 2.24) is 5.32 Å². The standard InChI is InChI=1S/C16H20ClN3O.ClH/c17-14-9-5-4-6-12(14)10-11-15(20-16(18)21)19-13-7-2-1-3-8-13;/h4-6,9-11,13H,1-3,7-8H2,(H3,18,19,20,21);1H/b11-10+;. The van der Waals surface area contributed by atoms with E-state index in [2.05, 4.69) is 10.3 Å². The number of nitrogens with zero attached hydrogens (tertiary/aromatic N) is 1. The average Bonchev–Trinajstić information content (AvgIpc) is 2.46. The molecule has 0 heterocycles. The summed E-state index contributed by atoms with van der Waals surface area (Å²) < 4.78 is 0. The summed E-state index contributed by atoms with van der Waals surface area (Å²) in [7, 11) is 0. The lowest BCUT2D eigenvalue weighted by Crippen LogP contribution is -2.35. The summed E-state index contributed by atoms with van der Waals surface area (Å²) in [6.07, 6.45) is 9.34. The van der Waals surface area contributed by atoms with Gasteiger partial charge in [-0.3, -0.25) is 10.3 Å². The zero-order valence-corrected chi connectivity index (χ0v) is 13.9. The third-order valence-corrected chi connectivity index (χ3v) is 3.82. The van der Waals surface area contributed by atoms with Crippen molar-refractivity contribution in [3.05, 3.63) is 40.9 Å². The molecule has 1 aliphatic rings. The smallest absolute Gasteiger partial charge is 0.317 e. The molecule has 1 aliphatic carbocycles. The fraction of sp³-hybridized carbons (Fsp3) is 0.375. The Morgan fingerprint density at radius 3 is 2.59 bits per heavy atom. The van der Waals surface area contributed by atoms with Crippen molar-refractivity contribution in [2.45, 2.75) is 38.1 Å². The number of halogens is 2. The van der Waals surface area contributed by atoms with Crippen LogP contribution in [0.25, 0.3) is 6.08 Å². The molecule has 0 atom stereocenters. The van der Waals surface area contributed by atoms with Gasteiger partial charge < -0.3 is 5.73 Å². The number of nitrogens with two attached hydrogens (primary N) is 1. The van der Waals surface area contributed by atoms with E-state index in [4.69, 9.17) is 17.3 Å². The Hall–Kier alpha value is -1.52. The van der Waals surface area contributed by atoms with E-state index in [0.29, 0.717) is 10.9 Å². The van der Waals surface area contributed by atoms with Crippen LogP contribution in [0.4, 0.5) is 4.79 Å². The zero-order chi connectivity index (χ0) is 15.1. The van der Waals surface area contributed by atoms with Crippen LogP contribution in [0.1, 0.15) is 37.7 Å². The van der Waals surface area contributed by atoms with E-state index in [1.165, 1.54) is 19.3 Å². The van der Waals surface area contributed by atoms with Gasteiger partial charge >= 0.3 is 6.03 Å². The van der Waals surface area contributed by atoms with Gasteiger partial charge in [-0.05, 0) is 36.6 Å². The fourth-order valence-electron chi connectivity index (χ4n) is 2.43. The van der Waals surface area contributed by atoms with Crippen LogP contribution in [0.15, 0.2) is 35.3 Å². The molecule has 120 valence electrons. The summed E-state index contributed by atoms with van der Waals surface area (Å²) in [6.45, 7) is 0. The topological polar surface area (TPSA) is 67.5 Å². The molecule has 1 saturated carbocycles. The average molecular weight is 342 g/mol. The van der Waals surface area contributed by atoms with Gasteiger partial charge in [0.2, 0.25) is 0 Å². The van der Waals surface area contributed by atoms with Crippen LogP contribution < -0.4 is 11.1 Å². The van der Waals surface area contributed by atoms with Crippen LogP contribution in [-0.2, 0) is 0 Å². The first-order chi connectivity index (χ1) is 10.1. The first-order valence-corrected chi connectivity index (χ1v) is 7.60. The Bertz CT molecular complexity index is 552. The molecule has 0 spiro atoms. The molecule has 0 bridgehead atoms. The number of nitrogens with one attached hydrogen (secondary N) is 1. The molecule has 1 fully saturated rings. The number of primary amides is 1. The van der Waals surface area contributed by atoms with Crippen molar-refractivity contribution in [2.24, 2.45) is 10.7 Å². The molecule has 4 nitrogen and oxygen atoms in total. The lowest BCUT2D eigenvalue weighted by molar-refractivity contribution is 0.253. The Morgan fingerprint density at radius 1 is 1.27 bits per heavy atom. The van der Waals surface area contributed by atoms with Crippen LogP contribution >= 0.6 is 24.0 Å². The highest BCUT2D eigenvalue weighted by Crippen LogP contribution is 2.20.